The fourth-order valence-electron chi connectivity index (χ4n) is 2.86. The van der Waals surface area contributed by atoms with Crippen LogP contribution < -0.4 is 9.47 Å². The van der Waals surface area contributed by atoms with E-state index in [1.54, 1.807) is 0 Å². The fourth-order valence-corrected chi connectivity index (χ4v) is 2.86. The Kier molecular flexibility index (Phi) is 4.81. The number of pyridine rings is 1. The van der Waals surface area contributed by atoms with Crippen LogP contribution in [0.25, 0.3) is 11.3 Å². The molecule has 0 aliphatic carbocycles. The zero-order chi connectivity index (χ0) is 18.3. The Morgan fingerprint density at radius 3 is 2.00 bits per heavy atom. The Morgan fingerprint density at radius 2 is 1.46 bits per heavy atom. The summed E-state index contributed by atoms with van der Waals surface area (Å²) in [4.78, 5) is 2.37. The molecule has 0 fully saturated rings. The number of benzene rings is 1. The summed E-state index contributed by atoms with van der Waals surface area (Å²) in [5, 5.41) is 0. The van der Waals surface area contributed by atoms with Crippen molar-refractivity contribution in [1.29, 1.82) is 0 Å². The third kappa shape index (κ3) is 3.63. The van der Waals surface area contributed by atoms with Gasteiger partial charge in [0, 0.05) is 45.0 Å². The van der Waals surface area contributed by atoms with Gasteiger partial charge in [-0.25, -0.2) is 0 Å². The van der Waals surface area contributed by atoms with Gasteiger partial charge in [-0.1, -0.05) is 12.1 Å². The van der Waals surface area contributed by atoms with Gasteiger partial charge in [0.2, 0.25) is 5.69 Å². The quantitative estimate of drug-likeness (QED) is 0.684. The summed E-state index contributed by atoms with van der Waals surface area (Å²) in [6, 6.07) is 11.1. The Labute approximate surface area is 148 Å². The van der Waals surface area contributed by atoms with Crippen molar-refractivity contribution in [1.82, 2.24) is 0 Å². The van der Waals surface area contributed by atoms with Gasteiger partial charge in [0.15, 0.2) is 11.7 Å². The molecule has 0 bridgehead atoms. The van der Waals surface area contributed by atoms with E-state index in [1.807, 2.05) is 0 Å². The summed E-state index contributed by atoms with van der Waals surface area (Å²) in [6.07, 6.45) is 2.29. The normalized spacial score (nSPS) is 12.4. The van der Waals surface area contributed by atoms with E-state index in [-0.39, 0.29) is 11.1 Å². The zero-order valence-corrected chi connectivity index (χ0v) is 16.9. The molecule has 0 radical (unpaired) electrons. The SMILES string of the molecule is Cc1cc(-c2ccccc2N(C)C(C)(C)C)[n+](C(C)(C)C)cc1C. The van der Waals surface area contributed by atoms with Crippen molar-refractivity contribution in [3.05, 3.63) is 47.7 Å². The lowest BCUT2D eigenvalue weighted by Crippen LogP contribution is -2.52. The van der Waals surface area contributed by atoms with Crippen LogP contribution in [0.2, 0.25) is 0 Å². The number of aromatic nitrogens is 1. The van der Waals surface area contributed by atoms with Gasteiger partial charge in [0.25, 0.3) is 0 Å². The predicted molar refractivity (Wildman–Crippen MR) is 105 cm³/mol. The lowest BCUT2D eigenvalue weighted by atomic mass is 9.98. The van der Waals surface area contributed by atoms with E-state index in [2.05, 4.69) is 108 Å². The van der Waals surface area contributed by atoms with Crippen molar-refractivity contribution in [2.75, 3.05) is 11.9 Å². The smallest absolute Gasteiger partial charge is 0.215 e. The molecule has 0 spiro atoms. The highest BCUT2D eigenvalue weighted by atomic mass is 15.2. The standard InChI is InChI=1S/C22H33N2/c1-16-14-20(24(15-17(16)2)22(6,7)8)18-12-10-11-13-19(18)23(9)21(3,4)5/h10-15H,1-9H3/q+1. The van der Waals surface area contributed by atoms with E-state index in [4.69, 9.17) is 0 Å². The number of hydrogen-bond acceptors (Lipinski definition) is 1. The van der Waals surface area contributed by atoms with Crippen molar-refractivity contribution >= 4 is 5.69 Å². The third-order valence-corrected chi connectivity index (χ3v) is 4.83. The van der Waals surface area contributed by atoms with Crippen molar-refractivity contribution < 1.29 is 4.57 Å². The van der Waals surface area contributed by atoms with E-state index in [1.165, 1.54) is 28.1 Å². The maximum absolute atomic E-state index is 2.41. The van der Waals surface area contributed by atoms with Gasteiger partial charge in [-0.2, -0.15) is 4.57 Å². The number of aryl methyl sites for hydroxylation is 2. The molecular formula is C22H33N2+. The number of hydrogen-bond donors (Lipinski definition) is 0. The van der Waals surface area contributed by atoms with E-state index >= 15 is 0 Å². The van der Waals surface area contributed by atoms with Crippen LogP contribution in [0.3, 0.4) is 0 Å². The van der Waals surface area contributed by atoms with Crippen LogP contribution in [-0.4, -0.2) is 12.6 Å². The van der Waals surface area contributed by atoms with Crippen LogP contribution in [0.4, 0.5) is 5.69 Å². The minimum absolute atomic E-state index is 0.0290. The van der Waals surface area contributed by atoms with Crippen molar-refractivity contribution in [3.8, 4) is 11.3 Å². The summed E-state index contributed by atoms with van der Waals surface area (Å²) in [5.41, 5.74) is 6.59. The van der Waals surface area contributed by atoms with Crippen LogP contribution in [0.5, 0.6) is 0 Å². The topological polar surface area (TPSA) is 7.12 Å². The van der Waals surface area contributed by atoms with Gasteiger partial charge in [0.05, 0.1) is 11.3 Å². The molecule has 1 aromatic heterocycles. The largest absolute Gasteiger partial charge is 0.369 e. The van der Waals surface area contributed by atoms with E-state index in [0.717, 1.165) is 0 Å². The van der Waals surface area contributed by atoms with Gasteiger partial charge in [-0.3, -0.25) is 0 Å². The molecule has 2 nitrogen and oxygen atoms in total. The lowest BCUT2D eigenvalue weighted by molar-refractivity contribution is -0.744. The number of para-hydroxylation sites is 1. The van der Waals surface area contributed by atoms with E-state index in [0.29, 0.717) is 0 Å². The molecule has 0 aliphatic heterocycles. The maximum atomic E-state index is 2.41. The summed E-state index contributed by atoms with van der Waals surface area (Å²) < 4.78 is 2.41. The minimum atomic E-state index is 0.0290. The Bertz CT molecular complexity index is 731. The first-order chi connectivity index (χ1) is 10.9. The molecule has 2 heteroatoms. The molecule has 1 heterocycles. The third-order valence-electron chi connectivity index (χ3n) is 4.83. The highest BCUT2D eigenvalue weighted by Crippen LogP contribution is 2.33. The molecule has 0 atom stereocenters. The van der Waals surface area contributed by atoms with Gasteiger partial charge in [-0.05, 0) is 52.3 Å². The molecule has 0 saturated carbocycles. The Balaban J connectivity index is 2.77. The molecule has 1 aromatic carbocycles. The van der Waals surface area contributed by atoms with Gasteiger partial charge < -0.3 is 4.90 Å². The van der Waals surface area contributed by atoms with Crippen LogP contribution in [0.1, 0.15) is 52.7 Å². The molecule has 0 amide bonds. The van der Waals surface area contributed by atoms with E-state index in [9.17, 15) is 0 Å². The predicted octanol–water partition coefficient (Wildman–Crippen LogP) is 5.25. The molecule has 24 heavy (non-hydrogen) atoms. The van der Waals surface area contributed by atoms with E-state index < -0.39 is 0 Å². The summed E-state index contributed by atoms with van der Waals surface area (Å²) in [6.45, 7) is 17.9. The average Bonchev–Trinajstić information content (AvgIpc) is 2.47. The highest BCUT2D eigenvalue weighted by Gasteiger charge is 2.30. The van der Waals surface area contributed by atoms with Crippen LogP contribution >= 0.6 is 0 Å². The first-order valence-electron chi connectivity index (χ1n) is 8.79. The molecule has 2 rings (SSSR count). The average molecular weight is 326 g/mol. The summed E-state index contributed by atoms with van der Waals surface area (Å²) in [7, 11) is 2.18. The fraction of sp³-hybridized carbons (Fsp3) is 0.500. The molecule has 0 aliphatic rings. The van der Waals surface area contributed by atoms with Crippen molar-refractivity contribution in [3.63, 3.8) is 0 Å². The second kappa shape index (κ2) is 6.23. The number of anilines is 1. The minimum Gasteiger partial charge on any atom is -0.369 e. The maximum Gasteiger partial charge on any atom is 0.215 e. The Morgan fingerprint density at radius 1 is 0.875 bits per heavy atom. The molecule has 130 valence electrons. The lowest BCUT2D eigenvalue weighted by Gasteiger charge is -2.35. The molecular weight excluding hydrogens is 292 g/mol. The second-order valence-electron chi connectivity index (χ2n) is 8.81. The first kappa shape index (κ1) is 18.5. The molecule has 0 N–H and O–H groups in total. The van der Waals surface area contributed by atoms with Gasteiger partial charge in [0.1, 0.15) is 0 Å². The van der Waals surface area contributed by atoms with Crippen molar-refractivity contribution in [2.45, 2.75) is 66.5 Å². The second-order valence-corrected chi connectivity index (χ2v) is 8.81. The molecule has 2 aromatic rings. The Hall–Kier alpha value is -1.83. The number of nitrogens with zero attached hydrogens (tertiary/aromatic N) is 2. The zero-order valence-electron chi connectivity index (χ0n) is 16.9. The van der Waals surface area contributed by atoms with Crippen molar-refractivity contribution in [2.24, 2.45) is 0 Å². The van der Waals surface area contributed by atoms with Crippen LogP contribution in [0, 0.1) is 13.8 Å². The highest BCUT2D eigenvalue weighted by molar-refractivity contribution is 5.75. The van der Waals surface area contributed by atoms with Crippen LogP contribution in [0.15, 0.2) is 36.5 Å². The summed E-state index contributed by atoms with van der Waals surface area (Å²) in [5.74, 6) is 0. The monoisotopic (exact) mass is 325 g/mol. The first-order valence-corrected chi connectivity index (χ1v) is 8.79. The molecule has 0 unspecified atom stereocenters. The molecule has 0 saturated heterocycles. The number of rotatable bonds is 2. The van der Waals surface area contributed by atoms with Crippen LogP contribution in [-0.2, 0) is 5.54 Å². The van der Waals surface area contributed by atoms with Gasteiger partial charge >= 0.3 is 0 Å². The van der Waals surface area contributed by atoms with Gasteiger partial charge in [-0.15, -0.1) is 0 Å². The summed E-state index contributed by atoms with van der Waals surface area (Å²) >= 11 is 0.